The van der Waals surface area contributed by atoms with Gasteiger partial charge >= 0.3 is 6.03 Å². The number of sulfonamides is 1. The van der Waals surface area contributed by atoms with Gasteiger partial charge in [0.2, 0.25) is 16.0 Å². The molecule has 0 bridgehead atoms. The molecule has 1 saturated heterocycles. The number of nitrogens with zero attached hydrogens (tertiary/aromatic N) is 1. The van der Waals surface area contributed by atoms with Crippen molar-refractivity contribution in [1.29, 1.82) is 0 Å². The number of benzene rings is 2. The summed E-state index contributed by atoms with van der Waals surface area (Å²) in [4.78, 5) is 14.1. The summed E-state index contributed by atoms with van der Waals surface area (Å²) in [6.45, 7) is -0.363. The summed E-state index contributed by atoms with van der Waals surface area (Å²) in [6, 6.07) is 1.96. The van der Waals surface area contributed by atoms with Gasteiger partial charge in [0.05, 0.1) is 12.6 Å². The molecule has 0 radical (unpaired) electrons. The molecule has 2 aromatic rings. The van der Waals surface area contributed by atoms with E-state index in [1.165, 1.54) is 18.2 Å². The fraction of sp³-hybridized carbons (Fsp3) is 0.458. The standard InChI is InChI=1S/C24H25F6N3O3S/c1-23(29,30)11-31-22(34)33-12-24(5-6-24)21(32-37(35,36)13-25)19(33)9-14-3-2-4-18(20(14)28)15-7-16(26)10-17(27)8-15/h2-4,7-8,10,19,21,32H,5-6,9,11-13H2,1H3,(H,31,34)/t19-,21+/m0/s1. The van der Waals surface area contributed by atoms with Crippen molar-refractivity contribution in [2.75, 3.05) is 19.1 Å². The SMILES string of the molecule is CC(F)(F)CNC(=O)N1CC2(CC2)[C@H](NS(=O)(=O)CF)[C@@H]1Cc1cccc(-c2cc(F)cc(F)c2)c1F. The minimum atomic E-state index is -4.39. The van der Waals surface area contributed by atoms with Crippen molar-refractivity contribution in [3.8, 4) is 11.1 Å². The zero-order chi connectivity index (χ0) is 27.2. The minimum Gasteiger partial charge on any atom is -0.332 e. The fourth-order valence-electron chi connectivity index (χ4n) is 4.88. The summed E-state index contributed by atoms with van der Waals surface area (Å²) >= 11 is 0. The van der Waals surface area contributed by atoms with Crippen LogP contribution in [0.3, 0.4) is 0 Å². The number of likely N-dealkylation sites (tertiary alicyclic amines) is 1. The van der Waals surface area contributed by atoms with E-state index in [0.29, 0.717) is 25.8 Å². The van der Waals surface area contributed by atoms with Crippen molar-refractivity contribution in [1.82, 2.24) is 14.9 Å². The van der Waals surface area contributed by atoms with Crippen LogP contribution in [0.4, 0.5) is 31.1 Å². The van der Waals surface area contributed by atoms with E-state index in [2.05, 4.69) is 10.0 Å². The molecule has 4 rings (SSSR count). The van der Waals surface area contributed by atoms with Crippen molar-refractivity contribution in [3.63, 3.8) is 0 Å². The number of hydrogen-bond acceptors (Lipinski definition) is 3. The molecule has 6 nitrogen and oxygen atoms in total. The van der Waals surface area contributed by atoms with Crippen LogP contribution in [0.1, 0.15) is 25.3 Å². The summed E-state index contributed by atoms with van der Waals surface area (Å²) in [5.41, 5.74) is -0.958. The van der Waals surface area contributed by atoms with Crippen LogP contribution in [0.25, 0.3) is 11.1 Å². The third-order valence-corrected chi connectivity index (χ3v) is 7.67. The molecule has 1 aliphatic heterocycles. The third kappa shape index (κ3) is 6.03. The second-order valence-electron chi connectivity index (χ2n) is 9.75. The highest BCUT2D eigenvalue weighted by molar-refractivity contribution is 7.89. The van der Waals surface area contributed by atoms with Gasteiger partial charge in [0.1, 0.15) is 17.5 Å². The van der Waals surface area contributed by atoms with Gasteiger partial charge in [0.15, 0.2) is 0 Å². The molecule has 0 unspecified atom stereocenters. The highest BCUT2D eigenvalue weighted by Crippen LogP contribution is 2.55. The van der Waals surface area contributed by atoms with Crippen molar-refractivity contribution >= 4 is 16.1 Å². The van der Waals surface area contributed by atoms with E-state index in [1.807, 2.05) is 0 Å². The highest BCUT2D eigenvalue weighted by atomic mass is 32.2. The van der Waals surface area contributed by atoms with Crippen LogP contribution in [0.5, 0.6) is 0 Å². The molecule has 1 saturated carbocycles. The maximum absolute atomic E-state index is 15.6. The van der Waals surface area contributed by atoms with E-state index in [-0.39, 0.29) is 29.7 Å². The summed E-state index contributed by atoms with van der Waals surface area (Å²) in [5, 5.41) is 2.12. The normalized spacial score (nSPS) is 20.9. The number of carbonyl (C=O) groups excluding carboxylic acids is 1. The molecule has 1 heterocycles. The second kappa shape index (κ2) is 9.82. The Kier molecular flexibility index (Phi) is 7.23. The molecule has 1 spiro atoms. The highest BCUT2D eigenvalue weighted by Gasteiger charge is 2.61. The van der Waals surface area contributed by atoms with Crippen LogP contribution >= 0.6 is 0 Å². The first-order chi connectivity index (χ1) is 17.2. The zero-order valence-electron chi connectivity index (χ0n) is 19.7. The Balaban J connectivity index is 1.70. The molecule has 2 atom stereocenters. The molecular weight excluding hydrogens is 524 g/mol. The number of urea groups is 1. The Bertz CT molecular complexity index is 1280. The number of amides is 2. The Hall–Kier alpha value is -2.80. The minimum absolute atomic E-state index is 0.00528. The fourth-order valence-corrected chi connectivity index (χ4v) is 5.74. The van der Waals surface area contributed by atoms with Gasteiger partial charge < -0.3 is 10.2 Å². The van der Waals surface area contributed by atoms with E-state index >= 15 is 4.39 Å². The molecular formula is C24H25F6N3O3S. The second-order valence-corrected chi connectivity index (χ2v) is 11.4. The Morgan fingerprint density at radius 2 is 1.78 bits per heavy atom. The number of alkyl halides is 3. The summed E-state index contributed by atoms with van der Waals surface area (Å²) < 4.78 is 110. The lowest BCUT2D eigenvalue weighted by Crippen LogP contribution is -2.52. The van der Waals surface area contributed by atoms with E-state index in [0.717, 1.165) is 17.0 Å². The number of carbonyl (C=O) groups is 1. The van der Waals surface area contributed by atoms with Gasteiger partial charge in [-0.25, -0.2) is 44.3 Å². The summed E-state index contributed by atoms with van der Waals surface area (Å²) in [6.07, 6.45) is 0.707. The van der Waals surface area contributed by atoms with Gasteiger partial charge in [0, 0.05) is 36.6 Å². The van der Waals surface area contributed by atoms with Crippen LogP contribution in [0.15, 0.2) is 36.4 Å². The molecule has 0 aromatic heterocycles. The molecule has 2 fully saturated rings. The first-order valence-electron chi connectivity index (χ1n) is 11.5. The quantitative estimate of drug-likeness (QED) is 0.481. The largest absolute Gasteiger partial charge is 0.332 e. The maximum Gasteiger partial charge on any atom is 0.317 e. The Morgan fingerprint density at radius 3 is 2.35 bits per heavy atom. The average molecular weight is 550 g/mol. The van der Waals surface area contributed by atoms with Crippen molar-refractivity contribution in [3.05, 3.63) is 59.4 Å². The lowest BCUT2D eigenvalue weighted by Gasteiger charge is -2.30. The van der Waals surface area contributed by atoms with Gasteiger partial charge in [-0.05, 0) is 42.5 Å². The maximum atomic E-state index is 15.6. The molecule has 202 valence electrons. The summed E-state index contributed by atoms with van der Waals surface area (Å²) in [5.74, 6) is -5.89. The monoisotopic (exact) mass is 549 g/mol. The van der Waals surface area contributed by atoms with Gasteiger partial charge in [-0.1, -0.05) is 18.2 Å². The van der Waals surface area contributed by atoms with Crippen LogP contribution in [-0.2, 0) is 16.4 Å². The van der Waals surface area contributed by atoms with E-state index in [9.17, 15) is 35.2 Å². The summed E-state index contributed by atoms with van der Waals surface area (Å²) in [7, 11) is -4.39. The molecule has 2 N–H and O–H groups in total. The van der Waals surface area contributed by atoms with Gasteiger partial charge in [-0.3, -0.25) is 0 Å². The predicted molar refractivity (Wildman–Crippen MR) is 123 cm³/mol. The third-order valence-electron chi connectivity index (χ3n) is 6.76. The molecule has 2 amide bonds. The lowest BCUT2D eigenvalue weighted by atomic mass is 9.91. The first kappa shape index (κ1) is 27.2. The van der Waals surface area contributed by atoms with Crippen LogP contribution in [0, 0.1) is 22.9 Å². The molecule has 1 aliphatic carbocycles. The van der Waals surface area contributed by atoms with Crippen molar-refractivity contribution < 1.29 is 39.6 Å². The Labute approximate surface area is 210 Å². The molecule has 2 aliphatic rings. The van der Waals surface area contributed by atoms with Gasteiger partial charge in [0.25, 0.3) is 5.92 Å². The van der Waals surface area contributed by atoms with Crippen LogP contribution in [0.2, 0.25) is 0 Å². The number of nitrogens with one attached hydrogen (secondary N) is 2. The number of rotatable bonds is 8. The molecule has 37 heavy (non-hydrogen) atoms. The van der Waals surface area contributed by atoms with Crippen LogP contribution in [-0.4, -0.2) is 56.5 Å². The van der Waals surface area contributed by atoms with Crippen LogP contribution < -0.4 is 10.0 Å². The Morgan fingerprint density at radius 1 is 1.14 bits per heavy atom. The molecule has 13 heteroatoms. The first-order valence-corrected chi connectivity index (χ1v) is 13.1. The number of hydrogen-bond donors (Lipinski definition) is 2. The van der Waals surface area contributed by atoms with Crippen molar-refractivity contribution in [2.24, 2.45) is 5.41 Å². The predicted octanol–water partition coefficient (Wildman–Crippen LogP) is 4.36. The molecule has 2 aromatic carbocycles. The van der Waals surface area contributed by atoms with E-state index < -0.39 is 69.5 Å². The zero-order valence-corrected chi connectivity index (χ0v) is 20.5. The smallest absolute Gasteiger partial charge is 0.317 e. The van der Waals surface area contributed by atoms with Gasteiger partial charge in [-0.2, -0.15) is 0 Å². The van der Waals surface area contributed by atoms with E-state index in [4.69, 9.17) is 0 Å². The van der Waals surface area contributed by atoms with Crippen molar-refractivity contribution in [2.45, 2.75) is 44.2 Å². The lowest BCUT2D eigenvalue weighted by molar-refractivity contribution is 0.0237. The van der Waals surface area contributed by atoms with E-state index in [1.54, 1.807) is 0 Å². The average Bonchev–Trinajstić information content (AvgIpc) is 3.53. The number of halogens is 6. The topological polar surface area (TPSA) is 78.5 Å². The van der Waals surface area contributed by atoms with Gasteiger partial charge in [-0.15, -0.1) is 0 Å².